The van der Waals surface area contributed by atoms with Gasteiger partial charge < -0.3 is 9.84 Å². The molecule has 1 aliphatic carbocycles. The lowest BCUT2D eigenvalue weighted by molar-refractivity contribution is 0.0886. The molecule has 17 heavy (non-hydrogen) atoms. The van der Waals surface area contributed by atoms with Crippen molar-refractivity contribution < 1.29 is 9.84 Å². The van der Waals surface area contributed by atoms with Crippen LogP contribution in [0.4, 0.5) is 0 Å². The van der Waals surface area contributed by atoms with E-state index in [2.05, 4.69) is 25.1 Å². The van der Waals surface area contributed by atoms with Crippen LogP contribution in [0, 0.1) is 5.92 Å². The first-order valence-electron chi connectivity index (χ1n) is 6.51. The van der Waals surface area contributed by atoms with Crippen LogP contribution < -0.4 is 0 Å². The topological polar surface area (TPSA) is 29.5 Å². The van der Waals surface area contributed by atoms with Crippen molar-refractivity contribution in [2.45, 2.75) is 38.7 Å². The van der Waals surface area contributed by atoms with E-state index < -0.39 is 0 Å². The predicted molar refractivity (Wildman–Crippen MR) is 69.1 cm³/mol. The maximum Gasteiger partial charge on any atom is 0.0816 e. The molecule has 2 unspecified atom stereocenters. The predicted octanol–water partition coefficient (Wildman–Crippen LogP) is 2.88. The maximum absolute atomic E-state index is 10.3. The van der Waals surface area contributed by atoms with Crippen LogP contribution >= 0.6 is 0 Å². The monoisotopic (exact) mass is 234 g/mol. The molecule has 0 spiro atoms. The van der Waals surface area contributed by atoms with Crippen molar-refractivity contribution in [3.8, 4) is 0 Å². The van der Waals surface area contributed by atoms with Crippen molar-refractivity contribution in [3.05, 3.63) is 34.9 Å². The molecule has 1 aromatic carbocycles. The van der Waals surface area contributed by atoms with Crippen LogP contribution in [0.2, 0.25) is 0 Å². The Hall–Kier alpha value is -0.860. The summed E-state index contributed by atoms with van der Waals surface area (Å²) in [6.07, 6.45) is 4.16. The number of aliphatic hydroxyl groups is 1. The maximum atomic E-state index is 10.3. The SMILES string of the molecule is COCCC(C)C(O)c1ccc2c(c1)CCC2. The summed E-state index contributed by atoms with van der Waals surface area (Å²) < 4.78 is 5.06. The van der Waals surface area contributed by atoms with Crippen molar-refractivity contribution in [2.75, 3.05) is 13.7 Å². The number of rotatable bonds is 5. The van der Waals surface area contributed by atoms with Crippen molar-refractivity contribution in [1.29, 1.82) is 0 Å². The summed E-state index contributed by atoms with van der Waals surface area (Å²) in [5.41, 5.74) is 3.96. The Morgan fingerprint density at radius 3 is 2.82 bits per heavy atom. The molecule has 0 aromatic heterocycles. The number of aliphatic hydroxyl groups excluding tert-OH is 1. The zero-order chi connectivity index (χ0) is 12.3. The minimum atomic E-state index is -0.365. The van der Waals surface area contributed by atoms with Gasteiger partial charge in [0, 0.05) is 13.7 Å². The highest BCUT2D eigenvalue weighted by molar-refractivity contribution is 5.36. The lowest BCUT2D eigenvalue weighted by atomic mass is 9.93. The third-order valence-electron chi connectivity index (χ3n) is 3.78. The fourth-order valence-corrected chi connectivity index (χ4v) is 2.57. The van der Waals surface area contributed by atoms with E-state index >= 15 is 0 Å². The van der Waals surface area contributed by atoms with E-state index in [9.17, 15) is 5.11 Å². The van der Waals surface area contributed by atoms with Gasteiger partial charge in [-0.2, -0.15) is 0 Å². The molecule has 2 rings (SSSR count). The third-order valence-corrected chi connectivity index (χ3v) is 3.78. The summed E-state index contributed by atoms with van der Waals surface area (Å²) in [5, 5.41) is 10.3. The molecule has 0 saturated heterocycles. The summed E-state index contributed by atoms with van der Waals surface area (Å²) in [4.78, 5) is 0. The summed E-state index contributed by atoms with van der Waals surface area (Å²) in [6.45, 7) is 2.79. The molecule has 0 saturated carbocycles. The van der Waals surface area contributed by atoms with Gasteiger partial charge in [-0.3, -0.25) is 0 Å². The largest absolute Gasteiger partial charge is 0.388 e. The molecule has 2 nitrogen and oxygen atoms in total. The van der Waals surface area contributed by atoms with E-state index in [1.807, 2.05) is 0 Å². The first-order valence-corrected chi connectivity index (χ1v) is 6.51. The van der Waals surface area contributed by atoms with E-state index in [1.54, 1.807) is 7.11 Å². The summed E-state index contributed by atoms with van der Waals surface area (Å²) in [5.74, 6) is 0.245. The van der Waals surface area contributed by atoms with Gasteiger partial charge >= 0.3 is 0 Å². The van der Waals surface area contributed by atoms with E-state index in [-0.39, 0.29) is 12.0 Å². The van der Waals surface area contributed by atoms with Crippen molar-refractivity contribution in [3.63, 3.8) is 0 Å². The fraction of sp³-hybridized carbons (Fsp3) is 0.600. The zero-order valence-corrected chi connectivity index (χ0v) is 10.8. The standard InChI is InChI=1S/C15H22O2/c1-11(8-9-17-2)15(16)14-7-6-12-4-3-5-13(12)10-14/h6-7,10-11,15-16H,3-5,8-9H2,1-2H3. The van der Waals surface area contributed by atoms with Gasteiger partial charge in [-0.05, 0) is 48.3 Å². The highest BCUT2D eigenvalue weighted by atomic mass is 16.5. The lowest BCUT2D eigenvalue weighted by Gasteiger charge is -2.19. The quantitative estimate of drug-likeness (QED) is 0.849. The Bertz CT molecular complexity index is 373. The Morgan fingerprint density at radius 2 is 2.06 bits per heavy atom. The minimum absolute atomic E-state index is 0.245. The van der Waals surface area contributed by atoms with Gasteiger partial charge in [-0.25, -0.2) is 0 Å². The van der Waals surface area contributed by atoms with Gasteiger partial charge in [0.15, 0.2) is 0 Å². The number of benzene rings is 1. The number of hydrogen-bond acceptors (Lipinski definition) is 2. The van der Waals surface area contributed by atoms with E-state index in [0.29, 0.717) is 6.61 Å². The second-order valence-electron chi connectivity index (χ2n) is 5.09. The molecule has 1 aromatic rings. The lowest BCUT2D eigenvalue weighted by Crippen LogP contribution is -2.11. The molecule has 0 heterocycles. The van der Waals surface area contributed by atoms with Crippen LogP contribution in [-0.2, 0) is 17.6 Å². The molecule has 0 bridgehead atoms. The zero-order valence-electron chi connectivity index (χ0n) is 10.8. The highest BCUT2D eigenvalue weighted by Crippen LogP contribution is 2.29. The van der Waals surface area contributed by atoms with Crippen LogP contribution in [0.25, 0.3) is 0 Å². The molecule has 1 N–H and O–H groups in total. The van der Waals surface area contributed by atoms with Crippen LogP contribution in [0.3, 0.4) is 0 Å². The van der Waals surface area contributed by atoms with Gasteiger partial charge in [0.05, 0.1) is 6.10 Å². The summed E-state index contributed by atoms with van der Waals surface area (Å²) >= 11 is 0. The molecule has 2 atom stereocenters. The van der Waals surface area contributed by atoms with Gasteiger partial charge in [-0.15, -0.1) is 0 Å². The Labute approximate surface area is 104 Å². The van der Waals surface area contributed by atoms with Gasteiger partial charge in [0.25, 0.3) is 0 Å². The number of methoxy groups -OCH3 is 1. The molecule has 0 fully saturated rings. The second kappa shape index (κ2) is 5.65. The van der Waals surface area contributed by atoms with E-state index in [1.165, 1.54) is 30.4 Å². The smallest absolute Gasteiger partial charge is 0.0816 e. The normalized spacial score (nSPS) is 17.8. The molecule has 0 amide bonds. The highest BCUT2D eigenvalue weighted by Gasteiger charge is 2.18. The molecule has 94 valence electrons. The number of hydrogen-bond donors (Lipinski definition) is 1. The molecule has 0 radical (unpaired) electrons. The first kappa shape index (κ1) is 12.6. The van der Waals surface area contributed by atoms with Crippen LogP contribution in [0.1, 0.15) is 42.6 Å². The second-order valence-corrected chi connectivity index (χ2v) is 5.09. The number of aryl methyl sites for hydroxylation is 2. The van der Waals surface area contributed by atoms with Gasteiger partial charge in [0.2, 0.25) is 0 Å². The molecular formula is C15H22O2. The molecular weight excluding hydrogens is 212 g/mol. The minimum Gasteiger partial charge on any atom is -0.388 e. The number of ether oxygens (including phenoxy) is 1. The fourth-order valence-electron chi connectivity index (χ4n) is 2.57. The Morgan fingerprint density at radius 1 is 1.29 bits per heavy atom. The molecule has 2 heteroatoms. The Balaban J connectivity index is 2.06. The van der Waals surface area contributed by atoms with Crippen molar-refractivity contribution >= 4 is 0 Å². The van der Waals surface area contributed by atoms with E-state index in [4.69, 9.17) is 4.74 Å². The summed E-state index contributed by atoms with van der Waals surface area (Å²) in [7, 11) is 1.70. The molecule has 0 aliphatic heterocycles. The van der Waals surface area contributed by atoms with Crippen molar-refractivity contribution in [2.24, 2.45) is 5.92 Å². The molecule has 1 aliphatic rings. The number of fused-ring (bicyclic) bond motifs is 1. The van der Waals surface area contributed by atoms with Crippen LogP contribution in [0.5, 0.6) is 0 Å². The Kier molecular flexibility index (Phi) is 4.19. The average molecular weight is 234 g/mol. The summed E-state index contributed by atoms with van der Waals surface area (Å²) in [6, 6.07) is 6.46. The van der Waals surface area contributed by atoms with E-state index in [0.717, 1.165) is 12.0 Å². The van der Waals surface area contributed by atoms with Crippen LogP contribution in [-0.4, -0.2) is 18.8 Å². The first-order chi connectivity index (χ1) is 8.22. The van der Waals surface area contributed by atoms with Gasteiger partial charge in [-0.1, -0.05) is 25.1 Å². The van der Waals surface area contributed by atoms with Crippen LogP contribution in [0.15, 0.2) is 18.2 Å². The van der Waals surface area contributed by atoms with Gasteiger partial charge in [0.1, 0.15) is 0 Å². The average Bonchev–Trinajstić information content (AvgIpc) is 2.81. The van der Waals surface area contributed by atoms with Crippen molar-refractivity contribution in [1.82, 2.24) is 0 Å². The third kappa shape index (κ3) is 2.88.